The van der Waals surface area contributed by atoms with Crippen LogP contribution in [0.3, 0.4) is 0 Å². The lowest BCUT2D eigenvalue weighted by molar-refractivity contribution is 0.0947. The van der Waals surface area contributed by atoms with Gasteiger partial charge in [0.2, 0.25) is 10.0 Å². The van der Waals surface area contributed by atoms with Gasteiger partial charge in [-0.25, -0.2) is 8.42 Å². The second-order valence-corrected chi connectivity index (χ2v) is 10.6. The Balaban J connectivity index is 1.58. The Labute approximate surface area is 206 Å². The number of ether oxygens (including phenoxy) is 1. The number of anilines is 1. The zero-order valence-corrected chi connectivity index (χ0v) is 21.3. The number of nitrogens with zero attached hydrogens (tertiary/aromatic N) is 1. The highest BCUT2D eigenvalue weighted by Crippen LogP contribution is 2.24. The molecular formula is C26H29ClN2O4S. The molecule has 3 rings (SSSR count). The number of nitrogens with one attached hydrogen (secondary N) is 1. The van der Waals surface area contributed by atoms with E-state index in [1.54, 1.807) is 36.4 Å². The largest absolute Gasteiger partial charge is 0.492 e. The molecule has 180 valence electrons. The molecule has 6 nitrogen and oxygen atoms in total. The minimum absolute atomic E-state index is 0.177. The van der Waals surface area contributed by atoms with E-state index in [4.69, 9.17) is 16.3 Å². The standard InChI is InChI=1S/C26H29ClN2O4S/c1-18-5-11-23(15-20(18)3)29(34(4,31)32)17-21-7-9-22(10-8-21)26(30)28-13-14-33-24-12-6-19(2)25(27)16-24/h5-12,15-16H,13-14,17H2,1-4H3,(H,28,30). The van der Waals surface area contributed by atoms with Crippen LogP contribution >= 0.6 is 11.6 Å². The van der Waals surface area contributed by atoms with Gasteiger partial charge in [-0.15, -0.1) is 0 Å². The molecule has 0 unspecified atom stereocenters. The average molecular weight is 501 g/mol. The molecule has 0 aliphatic carbocycles. The fraction of sp³-hybridized carbons (Fsp3) is 0.269. The molecule has 1 N–H and O–H groups in total. The molecule has 3 aromatic carbocycles. The molecule has 3 aromatic rings. The maximum atomic E-state index is 12.4. The minimum Gasteiger partial charge on any atom is -0.492 e. The van der Waals surface area contributed by atoms with Crippen LogP contribution in [-0.4, -0.2) is 33.7 Å². The molecule has 0 heterocycles. The van der Waals surface area contributed by atoms with Crippen molar-refractivity contribution >= 4 is 33.2 Å². The highest BCUT2D eigenvalue weighted by atomic mass is 35.5. The van der Waals surface area contributed by atoms with Crippen LogP contribution in [0.15, 0.2) is 60.7 Å². The molecule has 34 heavy (non-hydrogen) atoms. The van der Waals surface area contributed by atoms with Crippen molar-refractivity contribution in [3.05, 3.63) is 93.5 Å². The van der Waals surface area contributed by atoms with Crippen LogP contribution in [0.1, 0.15) is 32.6 Å². The highest BCUT2D eigenvalue weighted by Gasteiger charge is 2.18. The summed E-state index contributed by atoms with van der Waals surface area (Å²) in [6.45, 7) is 6.67. The van der Waals surface area contributed by atoms with Crippen LogP contribution in [0.2, 0.25) is 5.02 Å². The van der Waals surface area contributed by atoms with Gasteiger partial charge in [0.25, 0.3) is 5.91 Å². The first-order valence-electron chi connectivity index (χ1n) is 10.9. The number of hydrogen-bond acceptors (Lipinski definition) is 4. The SMILES string of the molecule is Cc1ccc(N(Cc2ccc(C(=O)NCCOc3ccc(C)c(Cl)c3)cc2)S(C)(=O)=O)cc1C. The molecule has 0 radical (unpaired) electrons. The van der Waals surface area contributed by atoms with Gasteiger partial charge in [0, 0.05) is 10.6 Å². The minimum atomic E-state index is -3.48. The van der Waals surface area contributed by atoms with Crippen molar-refractivity contribution in [1.82, 2.24) is 5.32 Å². The van der Waals surface area contributed by atoms with Crippen molar-refractivity contribution in [2.45, 2.75) is 27.3 Å². The highest BCUT2D eigenvalue weighted by molar-refractivity contribution is 7.92. The van der Waals surface area contributed by atoms with Gasteiger partial charge < -0.3 is 10.1 Å². The average Bonchev–Trinajstić information content (AvgIpc) is 2.79. The van der Waals surface area contributed by atoms with Gasteiger partial charge in [0.15, 0.2) is 0 Å². The summed E-state index contributed by atoms with van der Waals surface area (Å²) in [5, 5.41) is 3.45. The van der Waals surface area contributed by atoms with Crippen molar-refractivity contribution in [3.63, 3.8) is 0 Å². The molecule has 0 aromatic heterocycles. The van der Waals surface area contributed by atoms with Crippen molar-refractivity contribution < 1.29 is 17.9 Å². The summed E-state index contributed by atoms with van der Waals surface area (Å²) in [4.78, 5) is 12.4. The molecular weight excluding hydrogens is 472 g/mol. The number of carbonyl (C=O) groups excluding carboxylic acids is 1. The van der Waals surface area contributed by atoms with E-state index >= 15 is 0 Å². The molecule has 0 saturated heterocycles. The number of halogens is 1. The maximum Gasteiger partial charge on any atom is 0.251 e. The van der Waals surface area contributed by atoms with E-state index in [2.05, 4.69) is 5.32 Å². The molecule has 0 spiro atoms. The summed E-state index contributed by atoms with van der Waals surface area (Å²) in [5.74, 6) is 0.416. The number of amides is 1. The molecule has 8 heteroatoms. The second kappa shape index (κ2) is 10.9. The van der Waals surface area contributed by atoms with Gasteiger partial charge in [-0.3, -0.25) is 9.10 Å². The monoisotopic (exact) mass is 500 g/mol. The smallest absolute Gasteiger partial charge is 0.251 e. The first-order chi connectivity index (χ1) is 16.0. The van der Waals surface area contributed by atoms with Crippen LogP contribution in [-0.2, 0) is 16.6 Å². The Kier molecular flexibility index (Phi) is 8.23. The predicted octanol–water partition coefficient (Wildman–Crippen LogP) is 5.04. The topological polar surface area (TPSA) is 75.7 Å². The summed E-state index contributed by atoms with van der Waals surface area (Å²) in [5.41, 5.74) is 4.97. The third kappa shape index (κ3) is 6.74. The number of benzene rings is 3. The Hall–Kier alpha value is -3.03. The number of hydrogen-bond donors (Lipinski definition) is 1. The zero-order chi connectivity index (χ0) is 24.9. The van der Waals surface area contributed by atoms with E-state index < -0.39 is 10.0 Å². The molecule has 0 bridgehead atoms. The Morgan fingerprint density at radius 1 is 0.941 bits per heavy atom. The lowest BCUT2D eigenvalue weighted by Crippen LogP contribution is -2.29. The first kappa shape index (κ1) is 25.6. The summed E-state index contributed by atoms with van der Waals surface area (Å²) < 4.78 is 31.9. The van der Waals surface area contributed by atoms with Crippen LogP contribution in [0.4, 0.5) is 5.69 Å². The third-order valence-electron chi connectivity index (χ3n) is 5.52. The van der Waals surface area contributed by atoms with E-state index in [0.717, 1.165) is 22.3 Å². The first-order valence-corrected chi connectivity index (χ1v) is 13.1. The van der Waals surface area contributed by atoms with Crippen molar-refractivity contribution in [2.75, 3.05) is 23.7 Å². The van der Waals surface area contributed by atoms with Gasteiger partial charge in [-0.05, 0) is 79.4 Å². The number of carbonyl (C=O) groups is 1. The molecule has 0 atom stereocenters. The van der Waals surface area contributed by atoms with Gasteiger partial charge in [-0.1, -0.05) is 35.9 Å². The Morgan fingerprint density at radius 2 is 1.62 bits per heavy atom. The van der Waals surface area contributed by atoms with Gasteiger partial charge in [0.05, 0.1) is 25.0 Å². The van der Waals surface area contributed by atoms with Gasteiger partial charge in [-0.2, -0.15) is 0 Å². The zero-order valence-electron chi connectivity index (χ0n) is 19.8. The van der Waals surface area contributed by atoms with Crippen LogP contribution < -0.4 is 14.4 Å². The number of sulfonamides is 1. The fourth-order valence-corrected chi connectivity index (χ4v) is 4.36. The lowest BCUT2D eigenvalue weighted by Gasteiger charge is -2.23. The summed E-state index contributed by atoms with van der Waals surface area (Å²) in [7, 11) is -3.48. The summed E-state index contributed by atoms with van der Waals surface area (Å²) in [6, 6.07) is 17.9. The third-order valence-corrected chi connectivity index (χ3v) is 7.07. The lowest BCUT2D eigenvalue weighted by atomic mass is 10.1. The quantitative estimate of drug-likeness (QED) is 0.417. The number of aryl methyl sites for hydroxylation is 3. The van der Waals surface area contributed by atoms with Gasteiger partial charge in [0.1, 0.15) is 12.4 Å². The summed E-state index contributed by atoms with van der Waals surface area (Å²) >= 11 is 6.09. The molecule has 0 aliphatic rings. The van der Waals surface area contributed by atoms with Crippen molar-refractivity contribution in [3.8, 4) is 5.75 Å². The van der Waals surface area contributed by atoms with Crippen LogP contribution in [0.25, 0.3) is 0 Å². The van der Waals surface area contributed by atoms with Crippen LogP contribution in [0.5, 0.6) is 5.75 Å². The number of rotatable bonds is 9. The van der Waals surface area contributed by atoms with Crippen molar-refractivity contribution in [2.24, 2.45) is 0 Å². The van der Waals surface area contributed by atoms with Gasteiger partial charge >= 0.3 is 0 Å². The van der Waals surface area contributed by atoms with E-state index in [9.17, 15) is 13.2 Å². The predicted molar refractivity (Wildman–Crippen MR) is 137 cm³/mol. The second-order valence-electron chi connectivity index (χ2n) is 8.25. The van der Waals surface area contributed by atoms with Crippen molar-refractivity contribution in [1.29, 1.82) is 0 Å². The Morgan fingerprint density at radius 3 is 2.24 bits per heavy atom. The van der Waals surface area contributed by atoms with Crippen LogP contribution in [0, 0.1) is 20.8 Å². The Bertz CT molecular complexity index is 1270. The molecule has 0 fully saturated rings. The molecule has 0 aliphatic heterocycles. The maximum absolute atomic E-state index is 12.4. The van der Waals surface area contributed by atoms with E-state index in [1.807, 2.05) is 45.0 Å². The van der Waals surface area contributed by atoms with E-state index in [-0.39, 0.29) is 12.5 Å². The van der Waals surface area contributed by atoms with E-state index in [0.29, 0.717) is 35.2 Å². The van der Waals surface area contributed by atoms with E-state index in [1.165, 1.54) is 10.6 Å². The molecule has 0 saturated carbocycles. The molecule has 1 amide bonds. The normalized spacial score (nSPS) is 11.2. The fourth-order valence-electron chi connectivity index (χ4n) is 3.31. The summed E-state index contributed by atoms with van der Waals surface area (Å²) in [6.07, 6.45) is 1.19.